The molecule has 2 heterocycles. The Kier molecular flexibility index (Phi) is 6.91. The van der Waals surface area contributed by atoms with Gasteiger partial charge >= 0.3 is 0 Å². The van der Waals surface area contributed by atoms with Crippen LogP contribution in [0.15, 0.2) is 174 Å². The van der Waals surface area contributed by atoms with Gasteiger partial charge in [0.25, 0.3) is 0 Å². The highest BCUT2D eigenvalue weighted by Crippen LogP contribution is 2.44. The average Bonchev–Trinajstić information content (AvgIpc) is 3.59. The molecule has 0 saturated carbocycles. The third kappa shape index (κ3) is 5.03. The van der Waals surface area contributed by atoms with Gasteiger partial charge in [0, 0.05) is 40.0 Å². The van der Waals surface area contributed by atoms with Gasteiger partial charge in [-0.25, -0.2) is 15.0 Å². The molecule has 0 spiro atoms. The van der Waals surface area contributed by atoms with Crippen LogP contribution in [0, 0.1) is 0 Å². The third-order valence-electron chi connectivity index (χ3n) is 10.1. The van der Waals surface area contributed by atoms with E-state index in [9.17, 15) is 0 Å². The zero-order valence-electron chi connectivity index (χ0n) is 27.7. The fraction of sp³-hybridized carbons (Fsp3) is 0.0426. The summed E-state index contributed by atoms with van der Waals surface area (Å²) in [5.74, 6) is 2.91. The molecule has 0 saturated heterocycles. The smallest absolute Gasteiger partial charge is 0.164 e. The van der Waals surface area contributed by atoms with Crippen molar-refractivity contribution in [1.29, 1.82) is 0 Å². The van der Waals surface area contributed by atoms with Crippen LogP contribution in [0.4, 0.5) is 0 Å². The van der Waals surface area contributed by atoms with Crippen LogP contribution in [0.25, 0.3) is 72.0 Å². The van der Waals surface area contributed by atoms with Crippen LogP contribution in [-0.2, 0) is 6.42 Å². The molecule has 0 fully saturated rings. The van der Waals surface area contributed by atoms with Crippen molar-refractivity contribution in [3.05, 3.63) is 193 Å². The first-order valence-electron chi connectivity index (χ1n) is 17.4. The number of aromatic nitrogens is 3. The highest BCUT2D eigenvalue weighted by atomic mass is 16.3. The number of benzene rings is 7. The van der Waals surface area contributed by atoms with E-state index >= 15 is 0 Å². The van der Waals surface area contributed by atoms with Crippen LogP contribution >= 0.6 is 0 Å². The summed E-state index contributed by atoms with van der Waals surface area (Å²) in [6.07, 6.45) is 3.10. The molecular formula is C47H31N3O. The summed E-state index contributed by atoms with van der Waals surface area (Å²) in [5.41, 5.74) is 8.40. The highest BCUT2D eigenvalue weighted by molar-refractivity contribution is 6.04. The molecule has 0 N–H and O–H groups in total. The van der Waals surface area contributed by atoms with Crippen molar-refractivity contribution in [3.63, 3.8) is 0 Å². The first kappa shape index (κ1) is 29.3. The monoisotopic (exact) mass is 653 g/mol. The second-order valence-electron chi connectivity index (χ2n) is 13.1. The van der Waals surface area contributed by atoms with Crippen molar-refractivity contribution in [1.82, 2.24) is 15.0 Å². The molecule has 0 bridgehead atoms. The molecule has 0 radical (unpaired) electrons. The normalized spacial score (nSPS) is 14.1. The topological polar surface area (TPSA) is 51.8 Å². The van der Waals surface area contributed by atoms with E-state index < -0.39 is 0 Å². The first-order valence-corrected chi connectivity index (χ1v) is 17.4. The summed E-state index contributed by atoms with van der Waals surface area (Å²) >= 11 is 0. The van der Waals surface area contributed by atoms with Gasteiger partial charge in [0.15, 0.2) is 17.5 Å². The van der Waals surface area contributed by atoms with Crippen molar-refractivity contribution in [3.8, 4) is 33.9 Å². The predicted molar refractivity (Wildman–Crippen MR) is 207 cm³/mol. The summed E-state index contributed by atoms with van der Waals surface area (Å²) in [5, 5.41) is 5.78. The van der Waals surface area contributed by atoms with Gasteiger partial charge in [-0.2, -0.15) is 0 Å². The third-order valence-corrected chi connectivity index (χ3v) is 10.1. The van der Waals surface area contributed by atoms with E-state index in [1.54, 1.807) is 0 Å². The number of rotatable bonds is 5. The molecule has 1 aliphatic rings. The maximum absolute atomic E-state index is 6.64. The molecule has 0 amide bonds. The van der Waals surface area contributed by atoms with Gasteiger partial charge in [0.05, 0.1) is 0 Å². The summed E-state index contributed by atoms with van der Waals surface area (Å²) in [4.78, 5) is 15.8. The lowest BCUT2D eigenvalue weighted by molar-refractivity contribution is 0.532. The molecule has 240 valence electrons. The lowest BCUT2D eigenvalue weighted by atomic mass is 9.82. The Balaban J connectivity index is 1.23. The Hall–Kier alpha value is -6.65. The lowest BCUT2D eigenvalue weighted by Crippen LogP contribution is -2.12. The van der Waals surface area contributed by atoms with E-state index in [2.05, 4.69) is 140 Å². The quantitative estimate of drug-likeness (QED) is 0.185. The molecule has 0 aliphatic heterocycles. The number of nitrogens with zero attached hydrogens (tertiary/aromatic N) is 3. The standard InChI is InChI=1S/C47H31N3O/c1-3-14-30(15-4-1)36-26-27-39(38-22-10-9-21-37(36)38)46-48-45(32-17-5-2-6-18-32)49-47(50-46)41-28-33(35-24-13-19-31-16-7-8-20-34(31)35)29-43-44(41)40-23-11-12-25-42(40)51-43/h1-28,33H,29H2. The first-order chi connectivity index (χ1) is 25.3. The van der Waals surface area contributed by atoms with E-state index in [-0.39, 0.29) is 5.92 Å². The van der Waals surface area contributed by atoms with Gasteiger partial charge in [-0.1, -0.05) is 158 Å². The predicted octanol–water partition coefficient (Wildman–Crippen LogP) is 11.7. The van der Waals surface area contributed by atoms with Gasteiger partial charge in [0.2, 0.25) is 0 Å². The molecule has 7 aromatic carbocycles. The summed E-state index contributed by atoms with van der Waals surface area (Å²) in [7, 11) is 0. The molecule has 51 heavy (non-hydrogen) atoms. The molecule has 4 heteroatoms. The zero-order chi connectivity index (χ0) is 33.7. The van der Waals surface area contributed by atoms with Gasteiger partial charge in [0.1, 0.15) is 11.3 Å². The summed E-state index contributed by atoms with van der Waals surface area (Å²) in [6, 6.07) is 57.1. The van der Waals surface area contributed by atoms with Crippen LogP contribution in [0.1, 0.15) is 28.6 Å². The second kappa shape index (κ2) is 12.0. The van der Waals surface area contributed by atoms with E-state index in [1.165, 1.54) is 27.5 Å². The van der Waals surface area contributed by atoms with Gasteiger partial charge < -0.3 is 4.42 Å². The maximum atomic E-state index is 6.64. The minimum atomic E-state index is 0.0607. The van der Waals surface area contributed by atoms with Crippen LogP contribution in [-0.4, -0.2) is 15.0 Å². The molecule has 4 nitrogen and oxygen atoms in total. The van der Waals surface area contributed by atoms with Crippen molar-refractivity contribution < 1.29 is 4.42 Å². The number of allylic oxidation sites excluding steroid dienone is 1. The average molecular weight is 654 g/mol. The second-order valence-corrected chi connectivity index (χ2v) is 13.1. The number of para-hydroxylation sites is 1. The molecule has 9 aromatic rings. The highest BCUT2D eigenvalue weighted by Gasteiger charge is 2.30. The number of hydrogen-bond donors (Lipinski definition) is 0. The molecular weight excluding hydrogens is 623 g/mol. The van der Waals surface area contributed by atoms with E-state index in [1.807, 2.05) is 30.3 Å². The molecule has 2 aromatic heterocycles. The van der Waals surface area contributed by atoms with Crippen LogP contribution < -0.4 is 0 Å². The Morgan fingerprint density at radius 3 is 1.84 bits per heavy atom. The molecule has 1 aliphatic carbocycles. The van der Waals surface area contributed by atoms with E-state index in [0.29, 0.717) is 17.5 Å². The van der Waals surface area contributed by atoms with Crippen LogP contribution in [0.5, 0.6) is 0 Å². The SMILES string of the molecule is C1=C(c2nc(-c3ccccc3)nc(-c3ccc(-c4ccccc4)c4ccccc34)n2)c2c(oc3ccccc23)CC1c1cccc2ccccc12. The van der Waals surface area contributed by atoms with Crippen molar-refractivity contribution in [2.45, 2.75) is 12.3 Å². The largest absolute Gasteiger partial charge is 0.460 e. The maximum Gasteiger partial charge on any atom is 0.164 e. The van der Waals surface area contributed by atoms with Gasteiger partial charge in [-0.05, 0) is 50.4 Å². The minimum absolute atomic E-state index is 0.0607. The minimum Gasteiger partial charge on any atom is -0.460 e. The summed E-state index contributed by atoms with van der Waals surface area (Å²) < 4.78 is 6.64. The van der Waals surface area contributed by atoms with Crippen molar-refractivity contribution >= 4 is 38.1 Å². The molecule has 1 unspecified atom stereocenters. The van der Waals surface area contributed by atoms with Crippen molar-refractivity contribution in [2.24, 2.45) is 0 Å². The van der Waals surface area contributed by atoms with E-state index in [4.69, 9.17) is 19.4 Å². The Labute approximate surface area is 295 Å². The van der Waals surface area contributed by atoms with Gasteiger partial charge in [-0.3, -0.25) is 0 Å². The van der Waals surface area contributed by atoms with Crippen LogP contribution in [0.2, 0.25) is 0 Å². The number of furan rings is 1. The Morgan fingerprint density at radius 2 is 1.04 bits per heavy atom. The summed E-state index contributed by atoms with van der Waals surface area (Å²) in [6.45, 7) is 0. The number of hydrogen-bond acceptors (Lipinski definition) is 4. The molecule has 1 atom stereocenters. The Morgan fingerprint density at radius 1 is 0.451 bits per heavy atom. The Bertz CT molecular complexity index is 2780. The lowest BCUT2D eigenvalue weighted by Gasteiger charge is -2.23. The van der Waals surface area contributed by atoms with Crippen molar-refractivity contribution in [2.75, 3.05) is 0 Å². The zero-order valence-corrected chi connectivity index (χ0v) is 27.7. The fourth-order valence-electron chi connectivity index (χ4n) is 7.73. The number of fused-ring (bicyclic) bond motifs is 5. The van der Waals surface area contributed by atoms with Gasteiger partial charge in [-0.15, -0.1) is 0 Å². The fourth-order valence-corrected chi connectivity index (χ4v) is 7.73. The van der Waals surface area contributed by atoms with Crippen LogP contribution in [0.3, 0.4) is 0 Å². The molecule has 10 rings (SSSR count). The van der Waals surface area contributed by atoms with E-state index in [0.717, 1.165) is 56.2 Å².